The average molecular weight is 383 g/mol. The molecule has 1 aliphatic heterocycles. The normalized spacial score (nSPS) is 22.9. The van der Waals surface area contributed by atoms with Crippen molar-refractivity contribution in [2.24, 2.45) is 5.92 Å². The van der Waals surface area contributed by atoms with Gasteiger partial charge in [0, 0.05) is 32.2 Å². The van der Waals surface area contributed by atoms with Gasteiger partial charge in [-0.05, 0) is 23.1 Å². The van der Waals surface area contributed by atoms with Crippen molar-refractivity contribution < 1.29 is 13.6 Å². The molecule has 4 nitrogen and oxygen atoms in total. The van der Waals surface area contributed by atoms with Crippen molar-refractivity contribution in [3.8, 4) is 0 Å². The first-order valence-electron chi connectivity index (χ1n) is 9.10. The number of hydrogen-bond donors (Lipinski definition) is 1. The van der Waals surface area contributed by atoms with E-state index in [4.69, 9.17) is 9.05 Å². The Kier molecular flexibility index (Phi) is 6.49. The molecule has 3 rings (SSSR count). The second-order valence-corrected chi connectivity index (χ2v) is 8.78. The van der Waals surface area contributed by atoms with E-state index in [1.807, 2.05) is 12.1 Å². The average Bonchev–Trinajstić information content (AvgIpc) is 2.74. The van der Waals surface area contributed by atoms with Gasteiger partial charge in [0.05, 0.1) is 5.82 Å². The van der Waals surface area contributed by atoms with E-state index in [2.05, 4.69) is 66.5 Å². The van der Waals surface area contributed by atoms with Gasteiger partial charge in [-0.25, -0.2) is 0 Å². The third kappa shape index (κ3) is 4.68. The van der Waals surface area contributed by atoms with Gasteiger partial charge < -0.3 is 14.4 Å². The van der Waals surface area contributed by atoms with Crippen LogP contribution in [0, 0.1) is 5.92 Å². The highest BCUT2D eigenvalue weighted by atomic mass is 31.2. The molecule has 5 heteroatoms. The van der Waals surface area contributed by atoms with E-state index in [1.165, 1.54) is 31.2 Å². The molecule has 0 radical (unpaired) electrons. The molecule has 0 spiro atoms. The highest BCUT2D eigenvalue weighted by molar-refractivity contribution is 7.57. The van der Waals surface area contributed by atoms with Gasteiger partial charge in [-0.15, -0.1) is 5.73 Å². The zero-order valence-corrected chi connectivity index (χ0v) is 16.9. The summed E-state index contributed by atoms with van der Waals surface area (Å²) in [6.07, 6.45) is 0.790. The van der Waals surface area contributed by atoms with Crippen LogP contribution in [-0.4, -0.2) is 14.2 Å². The van der Waals surface area contributed by atoms with Crippen LogP contribution < -0.4 is 5.32 Å². The molecular formula is C22H26NO3P. The van der Waals surface area contributed by atoms with Crippen molar-refractivity contribution in [1.29, 1.82) is 0 Å². The Morgan fingerprint density at radius 3 is 2.11 bits per heavy atom. The maximum Gasteiger partial charge on any atom is 0.361 e. The molecule has 3 atom stereocenters. The summed E-state index contributed by atoms with van der Waals surface area (Å²) in [5.41, 5.74) is 6.81. The lowest BCUT2D eigenvalue weighted by atomic mass is 9.79. The Hall–Kier alpha value is -1.93. The lowest BCUT2D eigenvalue weighted by molar-refractivity contribution is 0.286. The number of hydrogen-bond acceptors (Lipinski definition) is 4. The van der Waals surface area contributed by atoms with Crippen molar-refractivity contribution in [2.45, 2.75) is 25.4 Å². The van der Waals surface area contributed by atoms with Crippen LogP contribution in [-0.2, 0) is 13.6 Å². The van der Waals surface area contributed by atoms with Crippen molar-refractivity contribution in [2.75, 3.05) is 14.2 Å². The number of piperidine rings is 1. The second kappa shape index (κ2) is 8.84. The number of benzene rings is 2. The lowest BCUT2D eigenvalue weighted by Gasteiger charge is -2.37. The highest BCUT2D eigenvalue weighted by Crippen LogP contribution is 2.48. The molecule has 1 fully saturated rings. The van der Waals surface area contributed by atoms with E-state index < -0.39 is 7.60 Å². The minimum atomic E-state index is -3.24. The molecule has 1 N–H and O–H groups in total. The van der Waals surface area contributed by atoms with Crippen LogP contribution in [0.15, 0.2) is 77.8 Å². The fraction of sp³-hybridized carbons (Fsp3) is 0.318. The van der Waals surface area contributed by atoms with Crippen molar-refractivity contribution in [3.05, 3.63) is 88.9 Å². The summed E-state index contributed by atoms with van der Waals surface area (Å²) < 4.78 is 22.5. The van der Waals surface area contributed by atoms with Gasteiger partial charge >= 0.3 is 7.60 Å². The van der Waals surface area contributed by atoms with Crippen LogP contribution in [0.5, 0.6) is 0 Å². The van der Waals surface area contributed by atoms with Crippen LogP contribution in [0.3, 0.4) is 0 Å². The minimum Gasteiger partial charge on any atom is -0.309 e. The molecule has 0 unspecified atom stereocenters. The number of nitrogens with one attached hydrogen (secondary N) is 1. The molecule has 2 aromatic carbocycles. The Bertz CT molecular complexity index is 852. The first-order chi connectivity index (χ1) is 13.1. The molecule has 0 amide bonds. The topological polar surface area (TPSA) is 47.6 Å². The molecule has 0 aliphatic carbocycles. The zero-order valence-electron chi connectivity index (χ0n) is 16.0. The van der Waals surface area contributed by atoms with E-state index in [0.29, 0.717) is 0 Å². The monoisotopic (exact) mass is 383 g/mol. The second-order valence-electron chi connectivity index (χ2n) is 6.71. The van der Waals surface area contributed by atoms with Gasteiger partial charge in [-0.1, -0.05) is 67.6 Å². The van der Waals surface area contributed by atoms with Crippen LogP contribution in [0.2, 0.25) is 0 Å². The largest absolute Gasteiger partial charge is 0.361 e. The van der Waals surface area contributed by atoms with E-state index in [-0.39, 0.29) is 18.0 Å². The van der Waals surface area contributed by atoms with Gasteiger partial charge in [0.25, 0.3) is 0 Å². The molecule has 142 valence electrons. The molecule has 0 saturated carbocycles. The fourth-order valence-electron chi connectivity index (χ4n) is 3.50. The Balaban J connectivity index is 2.01. The van der Waals surface area contributed by atoms with Crippen molar-refractivity contribution in [1.82, 2.24) is 5.32 Å². The predicted molar refractivity (Wildman–Crippen MR) is 109 cm³/mol. The SMILES string of the molecule is COP(=O)(C=C=C1C[C@H](c2ccccc2)N[C@H](c2ccccc2)[C@H]1C)OC. The molecule has 1 saturated heterocycles. The quantitative estimate of drug-likeness (QED) is 0.537. The number of rotatable bonds is 5. The van der Waals surface area contributed by atoms with Crippen LogP contribution in [0.1, 0.15) is 36.6 Å². The molecule has 1 heterocycles. The summed E-state index contributed by atoms with van der Waals surface area (Å²) in [7, 11) is -0.460. The zero-order chi connectivity index (χ0) is 19.3. The summed E-state index contributed by atoms with van der Waals surface area (Å²) >= 11 is 0. The van der Waals surface area contributed by atoms with Gasteiger partial charge in [0.15, 0.2) is 0 Å². The van der Waals surface area contributed by atoms with Crippen LogP contribution in [0.4, 0.5) is 0 Å². The van der Waals surface area contributed by atoms with Gasteiger partial charge in [0.2, 0.25) is 0 Å². The predicted octanol–water partition coefficient (Wildman–Crippen LogP) is 5.62. The van der Waals surface area contributed by atoms with Crippen LogP contribution >= 0.6 is 7.60 Å². The Morgan fingerprint density at radius 2 is 1.56 bits per heavy atom. The molecule has 1 aliphatic rings. The van der Waals surface area contributed by atoms with Gasteiger partial charge in [0.1, 0.15) is 0 Å². The first kappa shape index (κ1) is 19.8. The van der Waals surface area contributed by atoms with Gasteiger partial charge in [-0.2, -0.15) is 0 Å². The maximum atomic E-state index is 12.4. The van der Waals surface area contributed by atoms with Crippen molar-refractivity contribution in [3.63, 3.8) is 0 Å². The van der Waals surface area contributed by atoms with E-state index in [0.717, 1.165) is 12.0 Å². The summed E-state index contributed by atoms with van der Waals surface area (Å²) in [6, 6.07) is 21.1. The summed E-state index contributed by atoms with van der Waals surface area (Å²) in [5.74, 6) is 1.65. The van der Waals surface area contributed by atoms with E-state index >= 15 is 0 Å². The summed E-state index contributed by atoms with van der Waals surface area (Å²) in [6.45, 7) is 2.17. The molecular weight excluding hydrogens is 357 g/mol. The maximum absolute atomic E-state index is 12.4. The summed E-state index contributed by atoms with van der Waals surface area (Å²) in [5, 5.41) is 3.78. The van der Waals surface area contributed by atoms with Crippen LogP contribution in [0.25, 0.3) is 0 Å². The highest BCUT2D eigenvalue weighted by Gasteiger charge is 2.32. The molecule has 2 aromatic rings. The smallest absolute Gasteiger partial charge is 0.309 e. The Labute approximate surface area is 161 Å². The fourth-order valence-corrected chi connectivity index (χ4v) is 4.19. The van der Waals surface area contributed by atoms with E-state index in [9.17, 15) is 4.57 Å². The first-order valence-corrected chi connectivity index (χ1v) is 10.7. The third-order valence-corrected chi connectivity index (χ3v) is 6.60. The lowest BCUT2D eigenvalue weighted by Crippen LogP contribution is -2.37. The standard InChI is InChI=1S/C22H26NO3P/c1-17-20(14-15-27(24,25-2)26-3)16-21(18-10-6-4-7-11-18)23-22(17)19-12-8-5-9-13-19/h4-13,15,17,21-23H,16H2,1-3H3/t14?,17-,21+,22-/m0/s1. The summed E-state index contributed by atoms with van der Waals surface area (Å²) in [4.78, 5) is 0. The van der Waals surface area contributed by atoms with Crippen molar-refractivity contribution >= 4 is 7.60 Å². The van der Waals surface area contributed by atoms with Gasteiger partial charge in [-0.3, -0.25) is 4.57 Å². The third-order valence-electron chi connectivity index (χ3n) is 5.13. The van der Waals surface area contributed by atoms with E-state index in [1.54, 1.807) is 0 Å². The Morgan fingerprint density at radius 1 is 1.00 bits per heavy atom. The molecule has 0 bridgehead atoms. The molecule has 27 heavy (non-hydrogen) atoms. The minimum absolute atomic E-state index is 0.144. The molecule has 0 aromatic heterocycles.